The minimum atomic E-state index is 0.403. The average molecular weight is 229 g/mol. The van der Waals surface area contributed by atoms with Crippen molar-refractivity contribution in [2.24, 2.45) is 0 Å². The van der Waals surface area contributed by atoms with E-state index in [0.29, 0.717) is 6.10 Å². The van der Waals surface area contributed by atoms with Gasteiger partial charge in [-0.3, -0.25) is 0 Å². The summed E-state index contributed by atoms with van der Waals surface area (Å²) in [5.41, 5.74) is 2.65. The molecule has 1 aromatic carbocycles. The van der Waals surface area contributed by atoms with Gasteiger partial charge in [0.2, 0.25) is 0 Å². The van der Waals surface area contributed by atoms with Crippen molar-refractivity contribution in [2.75, 3.05) is 6.61 Å². The zero-order chi connectivity index (χ0) is 11.7. The topological polar surface area (TPSA) is 14.2 Å². The monoisotopic (exact) mass is 229 g/mol. The van der Waals surface area contributed by atoms with Crippen molar-refractivity contribution in [1.29, 1.82) is 0 Å². The van der Waals surface area contributed by atoms with Gasteiger partial charge in [-0.05, 0) is 49.3 Å². The molecule has 2 nitrogen and oxygen atoms in total. The molecule has 0 N–H and O–H groups in total. The molecule has 2 aromatic rings. The second kappa shape index (κ2) is 4.53. The third-order valence-corrected chi connectivity index (χ3v) is 3.60. The van der Waals surface area contributed by atoms with Gasteiger partial charge in [-0.25, -0.2) is 0 Å². The fraction of sp³-hybridized carbons (Fsp3) is 0.467. The zero-order valence-electron chi connectivity index (χ0n) is 10.4. The van der Waals surface area contributed by atoms with Crippen LogP contribution in [0.3, 0.4) is 0 Å². The second-order valence-corrected chi connectivity index (χ2v) is 5.02. The quantitative estimate of drug-likeness (QED) is 0.768. The van der Waals surface area contributed by atoms with Gasteiger partial charge in [-0.1, -0.05) is 12.1 Å². The molecule has 90 valence electrons. The zero-order valence-corrected chi connectivity index (χ0v) is 10.4. The Balaban J connectivity index is 1.86. The molecule has 17 heavy (non-hydrogen) atoms. The SMILES string of the molecule is Cc1ccc2ccn(CC3CCCCO3)c2c1. The highest BCUT2D eigenvalue weighted by Gasteiger charge is 2.15. The summed E-state index contributed by atoms with van der Waals surface area (Å²) in [6.07, 6.45) is 6.32. The standard InChI is InChI=1S/C15H19NO/c1-12-5-6-13-7-8-16(15(13)10-12)11-14-4-2-3-9-17-14/h5-8,10,14H,2-4,9,11H2,1H3. The van der Waals surface area contributed by atoms with E-state index in [1.807, 2.05) is 0 Å². The largest absolute Gasteiger partial charge is 0.376 e. The van der Waals surface area contributed by atoms with E-state index < -0.39 is 0 Å². The third-order valence-electron chi connectivity index (χ3n) is 3.60. The van der Waals surface area contributed by atoms with Crippen LogP contribution in [0.25, 0.3) is 10.9 Å². The molecular formula is C15H19NO. The maximum atomic E-state index is 5.81. The predicted molar refractivity (Wildman–Crippen MR) is 70.3 cm³/mol. The van der Waals surface area contributed by atoms with E-state index in [1.165, 1.54) is 35.7 Å². The first-order valence-corrected chi connectivity index (χ1v) is 6.50. The molecule has 1 aliphatic rings. The molecule has 2 heterocycles. The van der Waals surface area contributed by atoms with Crippen molar-refractivity contribution in [3.05, 3.63) is 36.0 Å². The molecule has 0 amide bonds. The van der Waals surface area contributed by atoms with E-state index in [2.05, 4.69) is 42.0 Å². The summed E-state index contributed by atoms with van der Waals surface area (Å²) in [5.74, 6) is 0. The smallest absolute Gasteiger partial charge is 0.0754 e. The molecule has 1 atom stereocenters. The number of fused-ring (bicyclic) bond motifs is 1. The molecule has 1 fully saturated rings. The van der Waals surface area contributed by atoms with E-state index in [9.17, 15) is 0 Å². The number of aryl methyl sites for hydroxylation is 1. The molecule has 0 bridgehead atoms. The number of nitrogens with zero attached hydrogens (tertiary/aromatic N) is 1. The molecule has 1 unspecified atom stereocenters. The van der Waals surface area contributed by atoms with Gasteiger partial charge >= 0.3 is 0 Å². The normalized spacial score (nSPS) is 20.9. The first-order valence-electron chi connectivity index (χ1n) is 6.50. The molecule has 0 saturated carbocycles. The lowest BCUT2D eigenvalue weighted by Crippen LogP contribution is -2.24. The van der Waals surface area contributed by atoms with Gasteiger partial charge < -0.3 is 9.30 Å². The summed E-state index contributed by atoms with van der Waals surface area (Å²) in [6, 6.07) is 8.82. The Hall–Kier alpha value is -1.28. The molecule has 2 heteroatoms. The van der Waals surface area contributed by atoms with Crippen molar-refractivity contribution in [1.82, 2.24) is 4.57 Å². The number of hydrogen-bond donors (Lipinski definition) is 0. The highest BCUT2D eigenvalue weighted by atomic mass is 16.5. The summed E-state index contributed by atoms with van der Waals surface area (Å²) in [7, 11) is 0. The molecule has 0 spiro atoms. The van der Waals surface area contributed by atoms with Gasteiger partial charge in [0, 0.05) is 24.9 Å². The molecule has 1 aromatic heterocycles. The van der Waals surface area contributed by atoms with Crippen LogP contribution in [-0.2, 0) is 11.3 Å². The van der Waals surface area contributed by atoms with Crippen LogP contribution < -0.4 is 0 Å². The number of benzene rings is 1. The van der Waals surface area contributed by atoms with Gasteiger partial charge in [-0.15, -0.1) is 0 Å². The van der Waals surface area contributed by atoms with Crippen molar-refractivity contribution in [2.45, 2.75) is 38.8 Å². The van der Waals surface area contributed by atoms with Crippen LogP contribution in [0.15, 0.2) is 30.5 Å². The van der Waals surface area contributed by atoms with Gasteiger partial charge in [0.25, 0.3) is 0 Å². The molecule has 3 rings (SSSR count). The summed E-state index contributed by atoms with van der Waals surface area (Å²) in [6.45, 7) is 4.07. The Morgan fingerprint density at radius 1 is 1.29 bits per heavy atom. The molecular weight excluding hydrogens is 210 g/mol. The predicted octanol–water partition coefficient (Wildman–Crippen LogP) is 3.52. The van der Waals surface area contributed by atoms with Crippen molar-refractivity contribution in [3.8, 4) is 0 Å². The molecule has 1 saturated heterocycles. The Bertz CT molecular complexity index is 509. The van der Waals surface area contributed by atoms with E-state index in [-0.39, 0.29) is 0 Å². The highest BCUT2D eigenvalue weighted by molar-refractivity contribution is 5.80. The third kappa shape index (κ3) is 2.22. The summed E-state index contributed by atoms with van der Waals surface area (Å²) >= 11 is 0. The fourth-order valence-corrected chi connectivity index (χ4v) is 2.62. The van der Waals surface area contributed by atoms with E-state index in [1.54, 1.807) is 0 Å². The Labute approximate surface area is 102 Å². The van der Waals surface area contributed by atoms with Crippen LogP contribution >= 0.6 is 0 Å². The number of rotatable bonds is 2. The first kappa shape index (κ1) is 10.8. The molecule has 0 radical (unpaired) electrons. The summed E-state index contributed by atoms with van der Waals surface area (Å²) in [5, 5.41) is 1.33. The van der Waals surface area contributed by atoms with Crippen LogP contribution in [0.4, 0.5) is 0 Å². The highest BCUT2D eigenvalue weighted by Crippen LogP contribution is 2.20. The Kier molecular flexibility index (Phi) is 2.89. The molecule has 1 aliphatic heterocycles. The Morgan fingerprint density at radius 3 is 3.06 bits per heavy atom. The van der Waals surface area contributed by atoms with Crippen LogP contribution in [-0.4, -0.2) is 17.3 Å². The van der Waals surface area contributed by atoms with Crippen LogP contribution in [0.1, 0.15) is 24.8 Å². The fourth-order valence-electron chi connectivity index (χ4n) is 2.62. The maximum Gasteiger partial charge on any atom is 0.0754 e. The van der Waals surface area contributed by atoms with Crippen LogP contribution in [0.5, 0.6) is 0 Å². The number of hydrogen-bond acceptors (Lipinski definition) is 1. The summed E-state index contributed by atoms with van der Waals surface area (Å²) in [4.78, 5) is 0. The lowest BCUT2D eigenvalue weighted by atomic mass is 10.1. The maximum absolute atomic E-state index is 5.81. The second-order valence-electron chi connectivity index (χ2n) is 5.02. The lowest BCUT2D eigenvalue weighted by Gasteiger charge is -2.23. The minimum Gasteiger partial charge on any atom is -0.376 e. The van der Waals surface area contributed by atoms with E-state index >= 15 is 0 Å². The number of aromatic nitrogens is 1. The summed E-state index contributed by atoms with van der Waals surface area (Å²) < 4.78 is 8.14. The molecule has 0 aliphatic carbocycles. The van der Waals surface area contributed by atoms with Gasteiger partial charge in [-0.2, -0.15) is 0 Å². The van der Waals surface area contributed by atoms with Crippen LogP contribution in [0.2, 0.25) is 0 Å². The lowest BCUT2D eigenvalue weighted by molar-refractivity contribution is 0.00670. The Morgan fingerprint density at radius 2 is 2.24 bits per heavy atom. The van der Waals surface area contributed by atoms with E-state index in [4.69, 9.17) is 4.74 Å². The van der Waals surface area contributed by atoms with Crippen molar-refractivity contribution >= 4 is 10.9 Å². The van der Waals surface area contributed by atoms with Crippen molar-refractivity contribution < 1.29 is 4.74 Å². The van der Waals surface area contributed by atoms with Crippen molar-refractivity contribution in [3.63, 3.8) is 0 Å². The van der Waals surface area contributed by atoms with Gasteiger partial charge in [0.15, 0.2) is 0 Å². The number of ether oxygens (including phenoxy) is 1. The average Bonchev–Trinajstić information content (AvgIpc) is 2.73. The minimum absolute atomic E-state index is 0.403. The van der Waals surface area contributed by atoms with E-state index in [0.717, 1.165) is 13.2 Å². The van der Waals surface area contributed by atoms with Crippen LogP contribution in [0, 0.1) is 6.92 Å². The van der Waals surface area contributed by atoms with Gasteiger partial charge in [0.1, 0.15) is 0 Å². The first-order chi connectivity index (χ1) is 8.33. The van der Waals surface area contributed by atoms with Gasteiger partial charge in [0.05, 0.1) is 6.10 Å².